The van der Waals surface area contributed by atoms with Crippen LogP contribution in [0.4, 0.5) is 0 Å². The van der Waals surface area contributed by atoms with Gasteiger partial charge in [0.05, 0.1) is 18.8 Å². The van der Waals surface area contributed by atoms with Crippen molar-refractivity contribution in [1.82, 2.24) is 5.32 Å². The lowest BCUT2D eigenvalue weighted by Crippen LogP contribution is -2.48. The van der Waals surface area contributed by atoms with Crippen LogP contribution in [-0.2, 0) is 4.79 Å². The highest BCUT2D eigenvalue weighted by Crippen LogP contribution is 2.16. The van der Waals surface area contributed by atoms with E-state index < -0.39 is 24.2 Å². The lowest BCUT2D eigenvalue weighted by molar-refractivity contribution is -0.131. The van der Waals surface area contributed by atoms with Crippen molar-refractivity contribution < 1.29 is 20.1 Å². The van der Waals surface area contributed by atoms with E-state index in [0.29, 0.717) is 6.42 Å². The van der Waals surface area contributed by atoms with Crippen LogP contribution >= 0.6 is 0 Å². The standard InChI is InChI=1S/C51H97NO4/c1-3-5-7-9-11-13-15-17-19-21-23-25-26-28-29-31-33-35-37-39-41-43-45-49(54)48(47-53)52-51(56)50(55)46-44-42-40-38-36-34-32-30-27-24-22-20-18-16-14-12-10-8-6-4-2/h27,30,35,37,43,45,48-50,53-55H,3-26,28-29,31-34,36,38-42,44,46-47H2,1-2H3,(H,52,56)/b30-27-,37-35+,45-43+. The van der Waals surface area contributed by atoms with Gasteiger partial charge in [-0.05, 0) is 57.8 Å². The Morgan fingerprint density at radius 1 is 0.429 bits per heavy atom. The molecule has 4 N–H and O–H groups in total. The molecule has 0 heterocycles. The molecule has 0 aliphatic carbocycles. The zero-order chi connectivity index (χ0) is 40.8. The molecule has 56 heavy (non-hydrogen) atoms. The van der Waals surface area contributed by atoms with Gasteiger partial charge in [-0.15, -0.1) is 0 Å². The minimum Gasteiger partial charge on any atom is -0.394 e. The molecular formula is C51H97NO4. The van der Waals surface area contributed by atoms with Gasteiger partial charge in [0, 0.05) is 0 Å². The van der Waals surface area contributed by atoms with E-state index in [0.717, 1.165) is 38.5 Å². The summed E-state index contributed by atoms with van der Waals surface area (Å²) in [6, 6.07) is -0.817. The van der Waals surface area contributed by atoms with E-state index in [1.807, 2.05) is 6.08 Å². The van der Waals surface area contributed by atoms with E-state index in [1.54, 1.807) is 6.08 Å². The van der Waals surface area contributed by atoms with Crippen LogP contribution in [0.25, 0.3) is 0 Å². The maximum absolute atomic E-state index is 12.5. The second kappa shape index (κ2) is 46.3. The molecule has 0 spiro atoms. The molecule has 330 valence electrons. The molecule has 1 amide bonds. The van der Waals surface area contributed by atoms with Crippen molar-refractivity contribution in [1.29, 1.82) is 0 Å². The summed E-state index contributed by atoms with van der Waals surface area (Å²) in [6.07, 6.45) is 59.1. The number of carbonyl (C=O) groups is 1. The third kappa shape index (κ3) is 40.8. The van der Waals surface area contributed by atoms with Gasteiger partial charge in [0.1, 0.15) is 6.10 Å². The second-order valence-corrected chi connectivity index (χ2v) is 17.0. The highest BCUT2D eigenvalue weighted by atomic mass is 16.3. The molecule has 0 rings (SSSR count). The van der Waals surface area contributed by atoms with Crippen LogP contribution in [0.3, 0.4) is 0 Å². The van der Waals surface area contributed by atoms with Crippen LogP contribution in [0, 0.1) is 0 Å². The Morgan fingerprint density at radius 3 is 1.09 bits per heavy atom. The molecule has 0 aromatic carbocycles. The first kappa shape index (κ1) is 54.6. The average molecular weight is 788 g/mol. The fraction of sp³-hybridized carbons (Fsp3) is 0.863. The van der Waals surface area contributed by atoms with Crippen molar-refractivity contribution in [3.05, 3.63) is 36.5 Å². The molecule has 0 bridgehead atoms. The van der Waals surface area contributed by atoms with Crippen molar-refractivity contribution in [2.45, 2.75) is 276 Å². The average Bonchev–Trinajstić information content (AvgIpc) is 3.20. The van der Waals surface area contributed by atoms with Gasteiger partial charge in [0.15, 0.2) is 0 Å². The number of amides is 1. The Balaban J connectivity index is 3.67. The van der Waals surface area contributed by atoms with Crippen molar-refractivity contribution in [3.63, 3.8) is 0 Å². The Labute approximate surface area is 349 Å². The fourth-order valence-electron chi connectivity index (χ4n) is 7.55. The molecule has 0 radical (unpaired) electrons. The second-order valence-electron chi connectivity index (χ2n) is 17.0. The highest BCUT2D eigenvalue weighted by Gasteiger charge is 2.22. The van der Waals surface area contributed by atoms with Gasteiger partial charge < -0.3 is 20.6 Å². The van der Waals surface area contributed by atoms with Crippen molar-refractivity contribution in [3.8, 4) is 0 Å². The van der Waals surface area contributed by atoms with Crippen LogP contribution in [0.15, 0.2) is 36.5 Å². The summed E-state index contributed by atoms with van der Waals surface area (Å²) in [5.41, 5.74) is 0. The molecule has 0 aliphatic heterocycles. The number of nitrogens with one attached hydrogen (secondary N) is 1. The quantitative estimate of drug-likeness (QED) is 0.0365. The smallest absolute Gasteiger partial charge is 0.249 e. The Hall–Kier alpha value is -1.43. The molecule has 5 nitrogen and oxygen atoms in total. The number of allylic oxidation sites excluding steroid dienone is 5. The molecule has 0 aliphatic rings. The Bertz CT molecular complexity index is 870. The fourth-order valence-corrected chi connectivity index (χ4v) is 7.55. The van der Waals surface area contributed by atoms with Crippen LogP contribution in [0.5, 0.6) is 0 Å². The lowest BCUT2D eigenvalue weighted by atomic mass is 10.0. The SMILES string of the molecule is CCCCCCCCCCCC/C=C\CCCCCCCCC(O)C(=O)NC(CO)C(O)/C=C/CC/C=C/CCCCCCCCCCCCCCCCCC. The Morgan fingerprint density at radius 2 is 0.732 bits per heavy atom. The van der Waals surface area contributed by atoms with Gasteiger partial charge in [0.25, 0.3) is 0 Å². The van der Waals surface area contributed by atoms with E-state index >= 15 is 0 Å². The van der Waals surface area contributed by atoms with Gasteiger partial charge in [-0.25, -0.2) is 0 Å². The van der Waals surface area contributed by atoms with E-state index in [2.05, 4.69) is 43.5 Å². The first-order valence-electron chi connectivity index (χ1n) is 24.8. The summed E-state index contributed by atoms with van der Waals surface area (Å²) in [7, 11) is 0. The van der Waals surface area contributed by atoms with Crippen LogP contribution < -0.4 is 5.32 Å². The van der Waals surface area contributed by atoms with E-state index in [4.69, 9.17) is 0 Å². The minimum absolute atomic E-state index is 0.377. The van der Waals surface area contributed by atoms with Gasteiger partial charge in [0.2, 0.25) is 5.91 Å². The van der Waals surface area contributed by atoms with Crippen LogP contribution in [0.1, 0.15) is 258 Å². The minimum atomic E-state index is -1.11. The molecule has 3 unspecified atom stereocenters. The molecule has 5 heteroatoms. The van der Waals surface area contributed by atoms with Crippen molar-refractivity contribution >= 4 is 5.91 Å². The lowest BCUT2D eigenvalue weighted by Gasteiger charge is -2.21. The van der Waals surface area contributed by atoms with Gasteiger partial charge >= 0.3 is 0 Å². The summed E-state index contributed by atoms with van der Waals surface area (Å²) in [5, 5.41) is 33.2. The number of hydrogen-bond acceptors (Lipinski definition) is 4. The molecular weight excluding hydrogens is 691 g/mol. The molecule has 0 aromatic rings. The summed E-state index contributed by atoms with van der Waals surface area (Å²) in [4.78, 5) is 12.5. The van der Waals surface area contributed by atoms with Crippen molar-refractivity contribution in [2.24, 2.45) is 0 Å². The van der Waals surface area contributed by atoms with E-state index in [-0.39, 0.29) is 6.61 Å². The first-order chi connectivity index (χ1) is 27.6. The number of hydrogen-bond donors (Lipinski definition) is 4. The maximum atomic E-state index is 12.5. The van der Waals surface area contributed by atoms with Gasteiger partial charge in [-0.2, -0.15) is 0 Å². The topological polar surface area (TPSA) is 89.8 Å². The molecule has 0 aromatic heterocycles. The third-order valence-corrected chi connectivity index (χ3v) is 11.5. The van der Waals surface area contributed by atoms with Gasteiger partial charge in [-0.1, -0.05) is 237 Å². The summed E-state index contributed by atoms with van der Waals surface area (Å²) < 4.78 is 0. The number of aliphatic hydroxyl groups is 3. The van der Waals surface area contributed by atoms with Crippen molar-refractivity contribution in [2.75, 3.05) is 6.61 Å². The number of rotatable bonds is 45. The zero-order valence-electron chi connectivity index (χ0n) is 37.5. The van der Waals surface area contributed by atoms with Gasteiger partial charge in [-0.3, -0.25) is 4.79 Å². The highest BCUT2D eigenvalue weighted by molar-refractivity contribution is 5.80. The molecule has 0 fully saturated rings. The number of carbonyl (C=O) groups excluding carboxylic acids is 1. The third-order valence-electron chi connectivity index (χ3n) is 11.5. The zero-order valence-corrected chi connectivity index (χ0v) is 37.5. The Kier molecular flexibility index (Phi) is 45.1. The normalized spacial score (nSPS) is 13.7. The molecule has 0 saturated heterocycles. The summed E-state index contributed by atoms with van der Waals surface area (Å²) >= 11 is 0. The largest absolute Gasteiger partial charge is 0.394 e. The van der Waals surface area contributed by atoms with Crippen LogP contribution in [0.2, 0.25) is 0 Å². The molecule has 3 atom stereocenters. The predicted molar refractivity (Wildman–Crippen MR) is 245 cm³/mol. The van der Waals surface area contributed by atoms with E-state index in [1.165, 1.54) is 199 Å². The summed E-state index contributed by atoms with van der Waals surface area (Å²) in [5.74, 6) is -0.516. The first-order valence-corrected chi connectivity index (χ1v) is 24.8. The number of aliphatic hydroxyl groups excluding tert-OH is 3. The maximum Gasteiger partial charge on any atom is 0.249 e. The monoisotopic (exact) mass is 788 g/mol. The predicted octanol–water partition coefficient (Wildman–Crippen LogP) is 14.7. The van der Waals surface area contributed by atoms with E-state index in [9.17, 15) is 20.1 Å². The number of unbranched alkanes of at least 4 members (excludes halogenated alkanes) is 33. The van der Waals surface area contributed by atoms with Crippen LogP contribution in [-0.4, -0.2) is 46.1 Å². The summed E-state index contributed by atoms with van der Waals surface area (Å²) in [6.45, 7) is 4.19. The molecule has 0 saturated carbocycles.